The lowest BCUT2D eigenvalue weighted by molar-refractivity contribution is -0.177. The molecular weight excluding hydrogens is 264 g/mol. The standard InChI is InChI=1S/C11H19F2NO5/c1-5-18-8(16)11(12,13)7(6-15)14-9(17)19-10(2,3)4/h7,15H,5-6H2,1-4H3,(H,14,17). The van der Waals surface area contributed by atoms with Crippen LogP contribution in [0.25, 0.3) is 0 Å². The average Bonchev–Trinajstić information content (AvgIpc) is 2.23. The van der Waals surface area contributed by atoms with Gasteiger partial charge < -0.3 is 19.9 Å². The van der Waals surface area contributed by atoms with Crippen LogP contribution in [0.1, 0.15) is 27.7 Å². The minimum absolute atomic E-state index is 0.237. The molecule has 0 bridgehead atoms. The number of amides is 1. The van der Waals surface area contributed by atoms with E-state index in [2.05, 4.69) is 4.74 Å². The molecule has 0 radical (unpaired) electrons. The fourth-order valence-corrected chi connectivity index (χ4v) is 1.07. The van der Waals surface area contributed by atoms with Crippen molar-refractivity contribution in [3.63, 3.8) is 0 Å². The average molecular weight is 283 g/mol. The maximum atomic E-state index is 13.6. The third-order valence-corrected chi connectivity index (χ3v) is 1.86. The fraction of sp³-hybridized carbons (Fsp3) is 0.818. The second-order valence-electron chi connectivity index (χ2n) is 4.72. The molecule has 0 spiro atoms. The van der Waals surface area contributed by atoms with Crippen molar-refractivity contribution >= 4 is 12.1 Å². The Hall–Kier alpha value is -1.44. The zero-order valence-electron chi connectivity index (χ0n) is 11.3. The van der Waals surface area contributed by atoms with Crippen molar-refractivity contribution in [3.05, 3.63) is 0 Å². The lowest BCUT2D eigenvalue weighted by Gasteiger charge is -2.26. The highest BCUT2D eigenvalue weighted by Gasteiger charge is 2.49. The van der Waals surface area contributed by atoms with Gasteiger partial charge in [-0.2, -0.15) is 8.78 Å². The van der Waals surface area contributed by atoms with Crippen LogP contribution in [-0.4, -0.2) is 47.9 Å². The Kier molecular flexibility index (Phi) is 6.14. The summed E-state index contributed by atoms with van der Waals surface area (Å²) in [7, 11) is 0. The number of carbonyl (C=O) groups is 2. The zero-order valence-corrected chi connectivity index (χ0v) is 11.3. The molecule has 0 aliphatic carbocycles. The topological polar surface area (TPSA) is 84.9 Å². The van der Waals surface area contributed by atoms with Gasteiger partial charge >= 0.3 is 18.0 Å². The molecular formula is C11H19F2NO5. The van der Waals surface area contributed by atoms with Gasteiger partial charge in [-0.3, -0.25) is 0 Å². The van der Waals surface area contributed by atoms with E-state index < -0.39 is 36.2 Å². The monoisotopic (exact) mass is 283 g/mol. The molecule has 1 atom stereocenters. The van der Waals surface area contributed by atoms with Gasteiger partial charge in [-0.05, 0) is 27.7 Å². The number of hydrogen-bond acceptors (Lipinski definition) is 5. The molecule has 0 heterocycles. The Bertz CT molecular complexity index is 328. The largest absolute Gasteiger partial charge is 0.461 e. The summed E-state index contributed by atoms with van der Waals surface area (Å²) in [5, 5.41) is 10.6. The highest BCUT2D eigenvalue weighted by Crippen LogP contribution is 2.21. The minimum Gasteiger partial charge on any atom is -0.461 e. The molecule has 1 amide bonds. The van der Waals surface area contributed by atoms with E-state index in [1.165, 1.54) is 6.92 Å². The first kappa shape index (κ1) is 17.6. The van der Waals surface area contributed by atoms with E-state index in [1.807, 2.05) is 0 Å². The Morgan fingerprint density at radius 1 is 1.32 bits per heavy atom. The third-order valence-electron chi connectivity index (χ3n) is 1.86. The van der Waals surface area contributed by atoms with Crippen molar-refractivity contribution in [3.8, 4) is 0 Å². The first-order chi connectivity index (χ1) is 8.54. The Balaban J connectivity index is 4.74. The predicted molar refractivity (Wildman–Crippen MR) is 61.8 cm³/mol. The molecule has 0 rings (SSSR count). The van der Waals surface area contributed by atoms with Crippen LogP contribution in [0.15, 0.2) is 0 Å². The number of ether oxygens (including phenoxy) is 2. The van der Waals surface area contributed by atoms with Crippen LogP contribution >= 0.6 is 0 Å². The van der Waals surface area contributed by atoms with Gasteiger partial charge in [-0.15, -0.1) is 0 Å². The molecule has 0 aromatic rings. The molecule has 1 unspecified atom stereocenters. The summed E-state index contributed by atoms with van der Waals surface area (Å²) in [6.45, 7) is 4.63. The van der Waals surface area contributed by atoms with Crippen molar-refractivity contribution in [2.45, 2.75) is 45.3 Å². The van der Waals surface area contributed by atoms with Gasteiger partial charge in [0.2, 0.25) is 0 Å². The van der Waals surface area contributed by atoms with Crippen LogP contribution in [0.4, 0.5) is 13.6 Å². The highest BCUT2D eigenvalue weighted by molar-refractivity contribution is 5.80. The second kappa shape index (κ2) is 6.65. The number of alkyl carbamates (subject to hydrolysis) is 1. The first-order valence-corrected chi connectivity index (χ1v) is 5.70. The quantitative estimate of drug-likeness (QED) is 0.737. The van der Waals surface area contributed by atoms with Gasteiger partial charge in [0.15, 0.2) is 0 Å². The van der Waals surface area contributed by atoms with Crippen molar-refractivity contribution in [1.29, 1.82) is 0 Å². The summed E-state index contributed by atoms with van der Waals surface area (Å²) in [5.41, 5.74) is -0.886. The number of halogens is 2. The van der Waals surface area contributed by atoms with E-state index >= 15 is 0 Å². The number of hydrogen-bond donors (Lipinski definition) is 2. The van der Waals surface area contributed by atoms with Crippen molar-refractivity contribution in [1.82, 2.24) is 5.32 Å². The number of rotatable bonds is 5. The number of aliphatic hydroxyl groups excluding tert-OH is 1. The molecule has 0 fully saturated rings. The number of esters is 1. The molecule has 8 heteroatoms. The molecule has 2 N–H and O–H groups in total. The maximum absolute atomic E-state index is 13.6. The van der Waals surface area contributed by atoms with Crippen LogP contribution in [0.2, 0.25) is 0 Å². The second-order valence-corrected chi connectivity index (χ2v) is 4.72. The molecule has 0 aliphatic heterocycles. The molecule has 0 aliphatic rings. The maximum Gasteiger partial charge on any atom is 0.408 e. The van der Waals surface area contributed by atoms with Crippen LogP contribution in [0.5, 0.6) is 0 Å². The lowest BCUT2D eigenvalue weighted by Crippen LogP contribution is -2.55. The number of alkyl halides is 2. The van der Waals surface area contributed by atoms with E-state index in [-0.39, 0.29) is 6.61 Å². The molecule has 0 saturated heterocycles. The summed E-state index contributed by atoms with van der Waals surface area (Å²) in [6.07, 6.45) is -1.16. The summed E-state index contributed by atoms with van der Waals surface area (Å²) in [6, 6.07) is -2.11. The van der Waals surface area contributed by atoms with Crippen molar-refractivity contribution < 1.29 is 33.0 Å². The smallest absolute Gasteiger partial charge is 0.408 e. The first-order valence-electron chi connectivity index (χ1n) is 5.70. The predicted octanol–water partition coefficient (Wildman–Crippen LogP) is 1.07. The Labute approximate surface area is 110 Å². The van der Waals surface area contributed by atoms with Gasteiger partial charge in [-0.25, -0.2) is 9.59 Å². The summed E-state index contributed by atoms with van der Waals surface area (Å²) in [5.74, 6) is -5.85. The Morgan fingerprint density at radius 2 is 1.84 bits per heavy atom. The van der Waals surface area contributed by atoms with E-state index in [0.29, 0.717) is 0 Å². The third kappa shape index (κ3) is 5.82. The molecule has 0 saturated carbocycles. The van der Waals surface area contributed by atoms with Gasteiger partial charge in [0, 0.05) is 0 Å². The number of nitrogens with one attached hydrogen (secondary N) is 1. The molecule has 0 aromatic heterocycles. The Morgan fingerprint density at radius 3 is 2.21 bits per heavy atom. The fourth-order valence-electron chi connectivity index (χ4n) is 1.07. The molecule has 0 aromatic carbocycles. The van der Waals surface area contributed by atoms with E-state index in [9.17, 15) is 18.4 Å². The summed E-state index contributed by atoms with van der Waals surface area (Å²) in [4.78, 5) is 22.4. The van der Waals surface area contributed by atoms with Crippen LogP contribution in [0, 0.1) is 0 Å². The lowest BCUT2D eigenvalue weighted by atomic mass is 10.1. The SMILES string of the molecule is CCOC(=O)C(F)(F)C(CO)NC(=O)OC(C)(C)C. The van der Waals surface area contributed by atoms with Gasteiger partial charge in [0.1, 0.15) is 11.6 Å². The number of aliphatic hydroxyl groups is 1. The van der Waals surface area contributed by atoms with Crippen molar-refractivity contribution in [2.24, 2.45) is 0 Å². The summed E-state index contributed by atoms with van der Waals surface area (Å²) < 4.78 is 36.1. The van der Waals surface area contributed by atoms with Gasteiger partial charge in [0.05, 0.1) is 13.2 Å². The van der Waals surface area contributed by atoms with Gasteiger partial charge in [-0.1, -0.05) is 0 Å². The highest BCUT2D eigenvalue weighted by atomic mass is 19.3. The van der Waals surface area contributed by atoms with E-state index in [4.69, 9.17) is 9.84 Å². The van der Waals surface area contributed by atoms with Crippen LogP contribution < -0.4 is 5.32 Å². The van der Waals surface area contributed by atoms with Crippen molar-refractivity contribution in [2.75, 3.05) is 13.2 Å². The zero-order chi connectivity index (χ0) is 15.3. The van der Waals surface area contributed by atoms with Gasteiger partial charge in [0.25, 0.3) is 0 Å². The summed E-state index contributed by atoms with van der Waals surface area (Å²) >= 11 is 0. The van der Waals surface area contributed by atoms with E-state index in [0.717, 1.165) is 0 Å². The minimum atomic E-state index is -4.04. The molecule has 19 heavy (non-hydrogen) atoms. The molecule has 6 nitrogen and oxygen atoms in total. The van der Waals surface area contributed by atoms with E-state index in [1.54, 1.807) is 26.1 Å². The van der Waals surface area contributed by atoms with Crippen LogP contribution in [0.3, 0.4) is 0 Å². The normalized spacial score (nSPS) is 13.6. The molecule has 112 valence electrons. The van der Waals surface area contributed by atoms with Crippen LogP contribution in [-0.2, 0) is 14.3 Å². The number of carbonyl (C=O) groups excluding carboxylic acids is 2.